The molecule has 1 fully saturated rings. The Balaban J connectivity index is 2.02. The van der Waals surface area contributed by atoms with Crippen LogP contribution in [0.25, 0.3) is 0 Å². The Morgan fingerprint density at radius 2 is 1.65 bits per heavy atom. The van der Waals surface area contributed by atoms with Gasteiger partial charge < -0.3 is 15.5 Å². The molecule has 23 heavy (non-hydrogen) atoms. The maximum absolute atomic E-state index is 12.4. The average Bonchev–Trinajstić information content (AvgIpc) is 2.57. The van der Waals surface area contributed by atoms with Gasteiger partial charge in [-0.25, -0.2) is 4.79 Å². The zero-order chi connectivity index (χ0) is 16.8. The summed E-state index contributed by atoms with van der Waals surface area (Å²) in [6, 6.07) is 9.22. The van der Waals surface area contributed by atoms with Crippen molar-refractivity contribution in [2.45, 2.75) is 19.9 Å². The van der Waals surface area contributed by atoms with Crippen LogP contribution >= 0.6 is 0 Å². The van der Waals surface area contributed by atoms with Crippen LogP contribution in [0, 0.1) is 0 Å². The van der Waals surface area contributed by atoms with Crippen LogP contribution in [0.5, 0.6) is 0 Å². The van der Waals surface area contributed by atoms with Crippen LogP contribution in [0.15, 0.2) is 30.3 Å². The van der Waals surface area contributed by atoms with Crippen LogP contribution in [0.3, 0.4) is 0 Å². The molecule has 3 amide bonds. The SMILES string of the molecule is CCN(CC)C(=O)N1CCN([C@@H](C(N)=O)c2ccccc2)CC1. The molecule has 2 rings (SSSR count). The van der Waals surface area contributed by atoms with E-state index in [0.717, 1.165) is 5.56 Å². The molecule has 1 aromatic rings. The number of rotatable bonds is 5. The molecule has 126 valence electrons. The molecule has 1 aromatic carbocycles. The molecule has 1 aliphatic heterocycles. The number of nitrogens with two attached hydrogens (primary N) is 1. The lowest BCUT2D eigenvalue weighted by molar-refractivity contribution is -0.124. The first-order valence-electron chi connectivity index (χ1n) is 8.20. The highest BCUT2D eigenvalue weighted by Crippen LogP contribution is 2.22. The molecule has 0 radical (unpaired) electrons. The van der Waals surface area contributed by atoms with Gasteiger partial charge in [-0.15, -0.1) is 0 Å². The van der Waals surface area contributed by atoms with E-state index in [1.54, 1.807) is 0 Å². The van der Waals surface area contributed by atoms with E-state index < -0.39 is 6.04 Å². The Hall–Kier alpha value is -2.08. The molecule has 0 aliphatic carbocycles. The molecule has 1 heterocycles. The van der Waals surface area contributed by atoms with E-state index in [4.69, 9.17) is 5.73 Å². The third-order valence-electron chi connectivity index (χ3n) is 4.37. The van der Waals surface area contributed by atoms with Crippen LogP contribution < -0.4 is 5.73 Å². The molecule has 1 saturated heterocycles. The molecular weight excluding hydrogens is 292 g/mol. The standard InChI is InChI=1S/C17H26N4O2/c1-3-19(4-2)17(23)21-12-10-20(11-13-21)15(16(18)22)14-8-6-5-7-9-14/h5-9,15H,3-4,10-13H2,1-2H3,(H2,18,22)/t15-/m1/s1. The lowest BCUT2D eigenvalue weighted by Gasteiger charge is -2.39. The number of benzene rings is 1. The number of hydrogen-bond acceptors (Lipinski definition) is 3. The van der Waals surface area contributed by atoms with E-state index in [2.05, 4.69) is 4.90 Å². The van der Waals surface area contributed by atoms with Crippen molar-refractivity contribution in [1.82, 2.24) is 14.7 Å². The van der Waals surface area contributed by atoms with Crippen molar-refractivity contribution in [2.75, 3.05) is 39.3 Å². The number of hydrogen-bond donors (Lipinski definition) is 1. The minimum Gasteiger partial charge on any atom is -0.368 e. The summed E-state index contributed by atoms with van der Waals surface area (Å²) in [5.41, 5.74) is 6.52. The Morgan fingerprint density at radius 3 is 2.13 bits per heavy atom. The Bertz CT molecular complexity index is 523. The zero-order valence-corrected chi connectivity index (χ0v) is 13.9. The number of nitrogens with zero attached hydrogens (tertiary/aromatic N) is 3. The summed E-state index contributed by atoms with van der Waals surface area (Å²) in [7, 11) is 0. The number of carbonyl (C=O) groups is 2. The lowest BCUT2D eigenvalue weighted by atomic mass is 10.0. The summed E-state index contributed by atoms with van der Waals surface area (Å²) in [4.78, 5) is 30.0. The molecule has 6 nitrogen and oxygen atoms in total. The summed E-state index contributed by atoms with van der Waals surface area (Å²) >= 11 is 0. The quantitative estimate of drug-likeness (QED) is 0.889. The van der Waals surface area contributed by atoms with Gasteiger partial charge in [-0.1, -0.05) is 30.3 Å². The Kier molecular flexibility index (Phi) is 5.98. The minimum absolute atomic E-state index is 0.0741. The zero-order valence-electron chi connectivity index (χ0n) is 13.9. The van der Waals surface area contributed by atoms with Crippen molar-refractivity contribution in [3.05, 3.63) is 35.9 Å². The van der Waals surface area contributed by atoms with Crippen molar-refractivity contribution in [3.8, 4) is 0 Å². The molecule has 1 atom stereocenters. The second-order valence-electron chi connectivity index (χ2n) is 5.69. The molecule has 1 aliphatic rings. The van der Waals surface area contributed by atoms with Crippen molar-refractivity contribution in [2.24, 2.45) is 5.73 Å². The smallest absolute Gasteiger partial charge is 0.320 e. The predicted molar refractivity (Wildman–Crippen MR) is 89.8 cm³/mol. The van der Waals surface area contributed by atoms with Crippen LogP contribution in [0.2, 0.25) is 0 Å². The fourth-order valence-corrected chi connectivity index (χ4v) is 3.06. The van der Waals surface area contributed by atoms with E-state index >= 15 is 0 Å². The van der Waals surface area contributed by atoms with Gasteiger partial charge in [0.05, 0.1) is 0 Å². The first kappa shape index (κ1) is 17.3. The van der Waals surface area contributed by atoms with Gasteiger partial charge in [0, 0.05) is 39.3 Å². The summed E-state index contributed by atoms with van der Waals surface area (Å²) < 4.78 is 0. The first-order chi connectivity index (χ1) is 11.1. The van der Waals surface area contributed by atoms with Gasteiger partial charge in [-0.3, -0.25) is 9.69 Å². The molecular formula is C17H26N4O2. The minimum atomic E-state index is -0.429. The van der Waals surface area contributed by atoms with E-state index in [9.17, 15) is 9.59 Å². The van der Waals surface area contributed by atoms with Crippen molar-refractivity contribution >= 4 is 11.9 Å². The number of piperazine rings is 1. The number of urea groups is 1. The third-order valence-corrected chi connectivity index (χ3v) is 4.37. The highest BCUT2D eigenvalue weighted by molar-refractivity contribution is 5.81. The van der Waals surface area contributed by atoms with E-state index in [-0.39, 0.29) is 11.9 Å². The average molecular weight is 318 g/mol. The Morgan fingerprint density at radius 1 is 1.09 bits per heavy atom. The molecule has 0 aromatic heterocycles. The van der Waals surface area contributed by atoms with E-state index in [0.29, 0.717) is 39.3 Å². The monoisotopic (exact) mass is 318 g/mol. The number of primary amides is 1. The third kappa shape index (κ3) is 4.01. The second-order valence-corrected chi connectivity index (χ2v) is 5.69. The molecule has 0 saturated carbocycles. The van der Waals surface area contributed by atoms with E-state index in [1.165, 1.54) is 0 Å². The predicted octanol–water partition coefficient (Wildman–Crippen LogP) is 1.29. The topological polar surface area (TPSA) is 69.9 Å². The van der Waals surface area contributed by atoms with Gasteiger partial charge in [-0.2, -0.15) is 0 Å². The summed E-state index contributed by atoms with van der Waals surface area (Å²) in [5, 5.41) is 0. The second kappa shape index (κ2) is 7.97. The van der Waals surface area contributed by atoms with Crippen LogP contribution in [-0.4, -0.2) is 65.9 Å². The largest absolute Gasteiger partial charge is 0.368 e. The van der Waals surface area contributed by atoms with Crippen molar-refractivity contribution in [1.29, 1.82) is 0 Å². The summed E-state index contributed by atoms with van der Waals surface area (Å²) in [5.74, 6) is -0.347. The molecule has 0 unspecified atom stereocenters. The Labute approximate surface area is 137 Å². The first-order valence-corrected chi connectivity index (χ1v) is 8.20. The summed E-state index contributed by atoms with van der Waals surface area (Å²) in [6.07, 6.45) is 0. The highest BCUT2D eigenvalue weighted by Gasteiger charge is 2.31. The van der Waals surface area contributed by atoms with Gasteiger partial charge in [0.2, 0.25) is 5.91 Å². The van der Waals surface area contributed by atoms with Gasteiger partial charge >= 0.3 is 6.03 Å². The lowest BCUT2D eigenvalue weighted by Crippen LogP contribution is -2.54. The maximum atomic E-state index is 12.4. The fourth-order valence-electron chi connectivity index (χ4n) is 3.06. The van der Waals surface area contributed by atoms with Crippen molar-refractivity contribution in [3.63, 3.8) is 0 Å². The van der Waals surface area contributed by atoms with Crippen LogP contribution in [0.4, 0.5) is 4.79 Å². The number of amides is 3. The molecule has 2 N–H and O–H groups in total. The molecule has 0 bridgehead atoms. The van der Waals surface area contributed by atoms with Gasteiger partial charge in [-0.05, 0) is 19.4 Å². The molecule has 6 heteroatoms. The maximum Gasteiger partial charge on any atom is 0.320 e. The van der Waals surface area contributed by atoms with Gasteiger partial charge in [0.15, 0.2) is 0 Å². The van der Waals surface area contributed by atoms with Crippen LogP contribution in [-0.2, 0) is 4.79 Å². The van der Waals surface area contributed by atoms with Crippen molar-refractivity contribution < 1.29 is 9.59 Å². The van der Waals surface area contributed by atoms with Crippen LogP contribution in [0.1, 0.15) is 25.5 Å². The van der Waals surface area contributed by atoms with Gasteiger partial charge in [0.25, 0.3) is 0 Å². The molecule has 0 spiro atoms. The van der Waals surface area contributed by atoms with E-state index in [1.807, 2.05) is 54.0 Å². The fraction of sp³-hybridized carbons (Fsp3) is 0.529. The normalized spacial score (nSPS) is 16.9. The van der Waals surface area contributed by atoms with Gasteiger partial charge in [0.1, 0.15) is 6.04 Å². The summed E-state index contributed by atoms with van der Waals surface area (Å²) in [6.45, 7) is 7.92. The number of carbonyl (C=O) groups excluding carboxylic acids is 2. The highest BCUT2D eigenvalue weighted by atomic mass is 16.2.